The SMILES string of the molecule is Cc1ccc(C=NN)c2ccccc12. The molecule has 0 saturated heterocycles. The third kappa shape index (κ3) is 1.35. The molecular formula is C12H12N2. The van der Waals surface area contributed by atoms with Crippen LogP contribution in [0.4, 0.5) is 0 Å². The first-order chi connectivity index (χ1) is 6.83. The number of benzene rings is 2. The molecule has 0 radical (unpaired) electrons. The zero-order valence-corrected chi connectivity index (χ0v) is 8.07. The monoisotopic (exact) mass is 184 g/mol. The highest BCUT2D eigenvalue weighted by Crippen LogP contribution is 2.20. The van der Waals surface area contributed by atoms with Crippen molar-refractivity contribution in [2.24, 2.45) is 10.9 Å². The maximum atomic E-state index is 5.16. The maximum Gasteiger partial charge on any atom is 0.0544 e. The van der Waals surface area contributed by atoms with E-state index in [4.69, 9.17) is 5.84 Å². The Hall–Kier alpha value is -1.83. The van der Waals surface area contributed by atoms with Gasteiger partial charge in [0.1, 0.15) is 0 Å². The van der Waals surface area contributed by atoms with E-state index >= 15 is 0 Å². The molecule has 70 valence electrons. The summed E-state index contributed by atoms with van der Waals surface area (Å²) in [5, 5.41) is 6.01. The molecule has 2 heteroatoms. The van der Waals surface area contributed by atoms with Crippen LogP contribution in [0, 0.1) is 6.92 Å². The van der Waals surface area contributed by atoms with E-state index in [1.807, 2.05) is 18.2 Å². The molecule has 0 spiro atoms. The van der Waals surface area contributed by atoms with Crippen molar-refractivity contribution in [3.05, 3.63) is 47.5 Å². The smallest absolute Gasteiger partial charge is 0.0544 e. The lowest BCUT2D eigenvalue weighted by Gasteiger charge is -2.04. The van der Waals surface area contributed by atoms with E-state index in [9.17, 15) is 0 Å². The number of nitrogens with two attached hydrogens (primary N) is 1. The van der Waals surface area contributed by atoms with E-state index in [2.05, 4.69) is 30.2 Å². The van der Waals surface area contributed by atoms with Gasteiger partial charge in [-0.2, -0.15) is 5.10 Å². The van der Waals surface area contributed by atoms with E-state index in [0.717, 1.165) is 5.56 Å². The second-order valence-corrected chi connectivity index (χ2v) is 3.30. The fourth-order valence-electron chi connectivity index (χ4n) is 1.67. The Morgan fingerprint density at radius 2 is 1.79 bits per heavy atom. The van der Waals surface area contributed by atoms with Crippen LogP contribution in [0.1, 0.15) is 11.1 Å². The van der Waals surface area contributed by atoms with Gasteiger partial charge in [-0.05, 0) is 23.3 Å². The summed E-state index contributed by atoms with van der Waals surface area (Å²) in [5.41, 5.74) is 2.34. The van der Waals surface area contributed by atoms with Gasteiger partial charge in [0.25, 0.3) is 0 Å². The van der Waals surface area contributed by atoms with Crippen molar-refractivity contribution in [3.8, 4) is 0 Å². The molecule has 2 N–H and O–H groups in total. The first-order valence-electron chi connectivity index (χ1n) is 4.54. The summed E-state index contributed by atoms with van der Waals surface area (Å²) in [4.78, 5) is 0. The van der Waals surface area contributed by atoms with Crippen molar-refractivity contribution < 1.29 is 0 Å². The highest BCUT2D eigenvalue weighted by Gasteiger charge is 1.99. The van der Waals surface area contributed by atoms with Crippen LogP contribution in [0.15, 0.2) is 41.5 Å². The molecule has 2 aromatic rings. The molecule has 0 aliphatic rings. The van der Waals surface area contributed by atoms with Gasteiger partial charge < -0.3 is 5.84 Å². The van der Waals surface area contributed by atoms with Crippen LogP contribution in [0.3, 0.4) is 0 Å². The summed E-state index contributed by atoms with van der Waals surface area (Å²) < 4.78 is 0. The Morgan fingerprint density at radius 3 is 2.50 bits per heavy atom. The van der Waals surface area contributed by atoms with Gasteiger partial charge in [-0.3, -0.25) is 0 Å². The van der Waals surface area contributed by atoms with Crippen LogP contribution >= 0.6 is 0 Å². The van der Waals surface area contributed by atoms with Crippen molar-refractivity contribution >= 4 is 17.0 Å². The molecule has 0 amide bonds. The molecule has 0 aromatic heterocycles. The van der Waals surface area contributed by atoms with Gasteiger partial charge in [0, 0.05) is 5.56 Å². The molecule has 0 aliphatic carbocycles. The Bertz CT molecular complexity index is 487. The van der Waals surface area contributed by atoms with Crippen LogP contribution in [-0.4, -0.2) is 6.21 Å². The Labute approximate surface area is 83.0 Å². The van der Waals surface area contributed by atoms with Gasteiger partial charge in [0.15, 0.2) is 0 Å². The lowest BCUT2D eigenvalue weighted by atomic mass is 10.0. The predicted octanol–water partition coefficient (Wildman–Crippen LogP) is 2.44. The third-order valence-corrected chi connectivity index (χ3v) is 2.39. The average molecular weight is 184 g/mol. The summed E-state index contributed by atoms with van der Waals surface area (Å²) in [7, 11) is 0. The quantitative estimate of drug-likeness (QED) is 0.412. The summed E-state index contributed by atoms with van der Waals surface area (Å²) >= 11 is 0. The number of hydrogen-bond donors (Lipinski definition) is 1. The van der Waals surface area contributed by atoms with Crippen LogP contribution < -0.4 is 5.84 Å². The average Bonchev–Trinajstić information content (AvgIpc) is 2.23. The Kier molecular flexibility index (Phi) is 2.19. The number of aryl methyl sites for hydroxylation is 1. The maximum absolute atomic E-state index is 5.16. The molecule has 0 atom stereocenters. The minimum atomic E-state index is 1.06. The number of rotatable bonds is 1. The molecule has 0 fully saturated rings. The molecule has 0 aliphatic heterocycles. The van der Waals surface area contributed by atoms with Crippen molar-refractivity contribution in [1.29, 1.82) is 0 Å². The van der Waals surface area contributed by atoms with E-state index in [0.29, 0.717) is 0 Å². The highest BCUT2D eigenvalue weighted by atomic mass is 15.1. The Balaban J connectivity index is 2.81. The molecule has 2 rings (SSSR count). The van der Waals surface area contributed by atoms with Crippen LogP contribution in [0.5, 0.6) is 0 Å². The number of nitrogens with zero attached hydrogens (tertiary/aromatic N) is 1. The molecule has 0 saturated carbocycles. The molecule has 2 nitrogen and oxygen atoms in total. The Morgan fingerprint density at radius 1 is 1.07 bits per heavy atom. The zero-order valence-electron chi connectivity index (χ0n) is 8.07. The topological polar surface area (TPSA) is 38.4 Å². The summed E-state index contributed by atoms with van der Waals surface area (Å²) in [5.74, 6) is 5.16. The first-order valence-corrected chi connectivity index (χ1v) is 4.54. The first kappa shape index (κ1) is 8.75. The second kappa shape index (κ2) is 3.50. The molecule has 0 heterocycles. The molecule has 0 unspecified atom stereocenters. The minimum absolute atomic E-state index is 1.06. The highest BCUT2D eigenvalue weighted by molar-refractivity contribution is 6.00. The van der Waals surface area contributed by atoms with Gasteiger partial charge >= 0.3 is 0 Å². The van der Waals surface area contributed by atoms with E-state index < -0.39 is 0 Å². The number of fused-ring (bicyclic) bond motifs is 1. The number of hydrazone groups is 1. The lowest BCUT2D eigenvalue weighted by Crippen LogP contribution is -1.89. The summed E-state index contributed by atoms with van der Waals surface area (Å²) in [6.45, 7) is 2.10. The van der Waals surface area contributed by atoms with Crippen molar-refractivity contribution in [3.63, 3.8) is 0 Å². The predicted molar refractivity (Wildman–Crippen MR) is 60.5 cm³/mol. The summed E-state index contributed by atoms with van der Waals surface area (Å²) in [6, 6.07) is 12.4. The molecule has 14 heavy (non-hydrogen) atoms. The van der Waals surface area contributed by atoms with E-state index in [-0.39, 0.29) is 0 Å². The molecule has 2 aromatic carbocycles. The second-order valence-electron chi connectivity index (χ2n) is 3.30. The van der Waals surface area contributed by atoms with Crippen LogP contribution in [0.25, 0.3) is 10.8 Å². The van der Waals surface area contributed by atoms with E-state index in [1.54, 1.807) is 6.21 Å². The third-order valence-electron chi connectivity index (χ3n) is 2.39. The molecule has 0 bridgehead atoms. The van der Waals surface area contributed by atoms with Gasteiger partial charge in [0.2, 0.25) is 0 Å². The number of hydrogen-bond acceptors (Lipinski definition) is 2. The van der Waals surface area contributed by atoms with Gasteiger partial charge in [0.05, 0.1) is 6.21 Å². The van der Waals surface area contributed by atoms with Crippen molar-refractivity contribution in [2.45, 2.75) is 6.92 Å². The van der Waals surface area contributed by atoms with Gasteiger partial charge in [-0.25, -0.2) is 0 Å². The standard InChI is InChI=1S/C12H12N2/c1-9-6-7-10(8-14-13)12-5-3-2-4-11(9)12/h2-8H,13H2,1H3. The van der Waals surface area contributed by atoms with Crippen molar-refractivity contribution in [1.82, 2.24) is 0 Å². The fourth-order valence-corrected chi connectivity index (χ4v) is 1.67. The minimum Gasteiger partial charge on any atom is -0.323 e. The largest absolute Gasteiger partial charge is 0.323 e. The van der Waals surface area contributed by atoms with Gasteiger partial charge in [-0.1, -0.05) is 36.4 Å². The van der Waals surface area contributed by atoms with Crippen LogP contribution in [0.2, 0.25) is 0 Å². The van der Waals surface area contributed by atoms with E-state index in [1.165, 1.54) is 16.3 Å². The fraction of sp³-hybridized carbons (Fsp3) is 0.0833. The zero-order chi connectivity index (χ0) is 9.97. The van der Waals surface area contributed by atoms with Crippen molar-refractivity contribution in [2.75, 3.05) is 0 Å². The van der Waals surface area contributed by atoms with Gasteiger partial charge in [-0.15, -0.1) is 0 Å². The summed E-state index contributed by atoms with van der Waals surface area (Å²) in [6.07, 6.45) is 1.68. The normalized spacial score (nSPS) is 11.2. The van der Waals surface area contributed by atoms with Crippen LogP contribution in [-0.2, 0) is 0 Å². The lowest BCUT2D eigenvalue weighted by molar-refractivity contribution is 1.26. The molecular weight excluding hydrogens is 172 g/mol.